The highest BCUT2D eigenvalue weighted by atomic mass is 32.1. The molecule has 2 N–H and O–H groups in total. The van der Waals surface area contributed by atoms with Gasteiger partial charge in [0, 0.05) is 30.1 Å². The first-order valence-corrected chi connectivity index (χ1v) is 8.25. The lowest BCUT2D eigenvalue weighted by Crippen LogP contribution is -2.40. The zero-order valence-electron chi connectivity index (χ0n) is 12.2. The summed E-state index contributed by atoms with van der Waals surface area (Å²) in [5.41, 5.74) is 7.18. The van der Waals surface area contributed by atoms with Gasteiger partial charge in [-0.1, -0.05) is 12.1 Å². The van der Waals surface area contributed by atoms with E-state index in [1.807, 2.05) is 16.3 Å². The average Bonchev–Trinajstić information content (AvgIpc) is 3.15. The minimum Gasteiger partial charge on any atom is -0.338 e. The molecule has 1 unspecified atom stereocenters. The predicted octanol–water partition coefficient (Wildman–Crippen LogP) is 2.44. The first-order chi connectivity index (χ1) is 10.7. The molecule has 1 aromatic carbocycles. The summed E-state index contributed by atoms with van der Waals surface area (Å²) in [4.78, 5) is 18.7. The predicted molar refractivity (Wildman–Crippen MR) is 85.0 cm³/mol. The maximum absolute atomic E-state index is 13.3. The Morgan fingerprint density at radius 3 is 3.14 bits per heavy atom. The topological polar surface area (TPSA) is 59.2 Å². The quantitative estimate of drug-likeness (QED) is 0.941. The van der Waals surface area contributed by atoms with E-state index in [1.54, 1.807) is 6.07 Å². The molecular formula is C16H18FN3OS. The van der Waals surface area contributed by atoms with Crippen LogP contribution in [0, 0.1) is 5.82 Å². The number of nitrogens with two attached hydrogens (primary N) is 1. The number of hydrogen-bond donors (Lipinski definition) is 1. The average molecular weight is 319 g/mol. The number of rotatable bonds is 4. The van der Waals surface area contributed by atoms with E-state index in [1.165, 1.54) is 23.5 Å². The lowest BCUT2D eigenvalue weighted by atomic mass is 10.2. The van der Waals surface area contributed by atoms with Crippen LogP contribution >= 0.6 is 11.3 Å². The summed E-state index contributed by atoms with van der Waals surface area (Å²) in [7, 11) is 0. The minimum atomic E-state index is -0.284. The van der Waals surface area contributed by atoms with Crippen LogP contribution in [0.2, 0.25) is 0 Å². The molecule has 0 aliphatic carbocycles. The van der Waals surface area contributed by atoms with Crippen molar-refractivity contribution in [1.29, 1.82) is 0 Å². The van der Waals surface area contributed by atoms with Gasteiger partial charge in [0.25, 0.3) is 0 Å². The third-order valence-corrected chi connectivity index (χ3v) is 4.87. The molecule has 3 rings (SSSR count). The van der Waals surface area contributed by atoms with Gasteiger partial charge in [-0.2, -0.15) is 0 Å². The van der Waals surface area contributed by atoms with E-state index in [2.05, 4.69) is 4.98 Å². The summed E-state index contributed by atoms with van der Waals surface area (Å²) in [6.07, 6.45) is 2.27. The summed E-state index contributed by atoms with van der Waals surface area (Å²) >= 11 is 1.43. The number of amides is 1. The number of benzene rings is 1. The third kappa shape index (κ3) is 3.18. The van der Waals surface area contributed by atoms with E-state index in [-0.39, 0.29) is 24.2 Å². The molecule has 2 heterocycles. The first-order valence-electron chi connectivity index (χ1n) is 7.37. The summed E-state index contributed by atoms with van der Waals surface area (Å²) in [5.74, 6) is -0.211. The molecule has 0 saturated carbocycles. The van der Waals surface area contributed by atoms with Crippen LogP contribution in [0.15, 0.2) is 29.6 Å². The fourth-order valence-electron chi connectivity index (χ4n) is 2.81. The molecule has 0 radical (unpaired) electrons. The van der Waals surface area contributed by atoms with Crippen molar-refractivity contribution < 1.29 is 9.18 Å². The zero-order chi connectivity index (χ0) is 15.5. The van der Waals surface area contributed by atoms with Gasteiger partial charge >= 0.3 is 0 Å². The maximum Gasteiger partial charge on any atom is 0.228 e. The van der Waals surface area contributed by atoms with Gasteiger partial charge in [-0.25, -0.2) is 9.37 Å². The number of aromatic nitrogens is 1. The molecule has 4 nitrogen and oxygen atoms in total. The Hall–Kier alpha value is -1.79. The monoisotopic (exact) mass is 319 g/mol. The summed E-state index contributed by atoms with van der Waals surface area (Å²) < 4.78 is 13.3. The van der Waals surface area contributed by atoms with Crippen LogP contribution in [0.5, 0.6) is 0 Å². The van der Waals surface area contributed by atoms with Crippen LogP contribution in [0.1, 0.15) is 18.5 Å². The van der Waals surface area contributed by atoms with Gasteiger partial charge < -0.3 is 10.6 Å². The molecule has 1 amide bonds. The van der Waals surface area contributed by atoms with Crippen LogP contribution < -0.4 is 5.73 Å². The lowest BCUT2D eigenvalue weighted by Gasteiger charge is -2.23. The number of thiazole rings is 1. The molecule has 6 heteroatoms. The van der Waals surface area contributed by atoms with E-state index in [9.17, 15) is 9.18 Å². The van der Waals surface area contributed by atoms with Gasteiger partial charge in [-0.05, 0) is 25.0 Å². The van der Waals surface area contributed by atoms with E-state index in [0.717, 1.165) is 35.7 Å². The second kappa shape index (κ2) is 6.54. The Morgan fingerprint density at radius 2 is 2.36 bits per heavy atom. The van der Waals surface area contributed by atoms with Crippen molar-refractivity contribution >= 4 is 17.2 Å². The normalized spacial score (nSPS) is 17.9. The van der Waals surface area contributed by atoms with Crippen molar-refractivity contribution in [2.75, 3.05) is 13.1 Å². The number of carbonyl (C=O) groups excluding carboxylic acids is 1. The number of hydrogen-bond acceptors (Lipinski definition) is 4. The van der Waals surface area contributed by atoms with Crippen molar-refractivity contribution in [2.24, 2.45) is 5.73 Å². The zero-order valence-corrected chi connectivity index (χ0v) is 13.0. The highest BCUT2D eigenvalue weighted by Crippen LogP contribution is 2.25. The largest absolute Gasteiger partial charge is 0.338 e. The molecule has 1 aliphatic rings. The Kier molecular flexibility index (Phi) is 4.49. The van der Waals surface area contributed by atoms with Gasteiger partial charge in [0.05, 0.1) is 12.1 Å². The molecule has 22 heavy (non-hydrogen) atoms. The fraction of sp³-hybridized carbons (Fsp3) is 0.375. The molecule has 0 spiro atoms. The molecule has 1 aromatic heterocycles. The summed E-state index contributed by atoms with van der Waals surface area (Å²) in [6.45, 7) is 1.29. The second-order valence-corrected chi connectivity index (χ2v) is 6.31. The van der Waals surface area contributed by atoms with Gasteiger partial charge in [0.1, 0.15) is 10.8 Å². The minimum absolute atomic E-state index is 0.0732. The molecule has 1 fully saturated rings. The van der Waals surface area contributed by atoms with Gasteiger partial charge in [0.2, 0.25) is 5.91 Å². The molecule has 2 aromatic rings. The Morgan fingerprint density at radius 1 is 1.50 bits per heavy atom. The van der Waals surface area contributed by atoms with Gasteiger partial charge in [0.15, 0.2) is 0 Å². The fourth-order valence-corrected chi connectivity index (χ4v) is 3.62. The number of likely N-dealkylation sites (tertiary alicyclic amines) is 1. The lowest BCUT2D eigenvalue weighted by molar-refractivity contribution is -0.131. The smallest absolute Gasteiger partial charge is 0.228 e. The van der Waals surface area contributed by atoms with E-state index < -0.39 is 0 Å². The molecule has 1 aliphatic heterocycles. The van der Waals surface area contributed by atoms with Crippen LogP contribution in [0.25, 0.3) is 10.6 Å². The third-order valence-electron chi connectivity index (χ3n) is 3.93. The summed E-state index contributed by atoms with van der Waals surface area (Å²) in [6, 6.07) is 6.50. The molecule has 116 valence electrons. The molecular weight excluding hydrogens is 301 g/mol. The van der Waals surface area contributed by atoms with Crippen LogP contribution in [-0.4, -0.2) is 34.9 Å². The molecule has 1 saturated heterocycles. The standard InChI is InChI=1S/C16H18FN3OS/c17-12-4-1-3-11(7-12)16-19-13(10-22-16)8-15(21)20-6-2-5-14(20)9-18/h1,3-4,7,10,14H,2,5-6,8-9,18H2. The van der Waals surface area contributed by atoms with Crippen molar-refractivity contribution in [3.8, 4) is 10.6 Å². The van der Waals surface area contributed by atoms with Crippen molar-refractivity contribution in [1.82, 2.24) is 9.88 Å². The van der Waals surface area contributed by atoms with Crippen molar-refractivity contribution in [3.05, 3.63) is 41.2 Å². The highest BCUT2D eigenvalue weighted by molar-refractivity contribution is 7.13. The summed E-state index contributed by atoms with van der Waals surface area (Å²) in [5, 5.41) is 2.60. The number of halogens is 1. The Bertz CT molecular complexity index is 673. The van der Waals surface area contributed by atoms with E-state index >= 15 is 0 Å². The molecule has 1 atom stereocenters. The van der Waals surface area contributed by atoms with Crippen LogP contribution in [0.4, 0.5) is 4.39 Å². The van der Waals surface area contributed by atoms with E-state index in [0.29, 0.717) is 6.54 Å². The second-order valence-electron chi connectivity index (χ2n) is 5.45. The van der Waals surface area contributed by atoms with E-state index in [4.69, 9.17) is 5.73 Å². The Balaban J connectivity index is 1.70. The van der Waals surface area contributed by atoms with Crippen molar-refractivity contribution in [3.63, 3.8) is 0 Å². The Labute approximate surface area is 132 Å². The maximum atomic E-state index is 13.3. The molecule has 0 bridgehead atoms. The van der Waals surface area contributed by atoms with Gasteiger partial charge in [-0.3, -0.25) is 4.79 Å². The van der Waals surface area contributed by atoms with Crippen LogP contribution in [0.3, 0.4) is 0 Å². The van der Waals surface area contributed by atoms with Crippen LogP contribution in [-0.2, 0) is 11.2 Å². The first kappa shape index (κ1) is 15.1. The number of carbonyl (C=O) groups is 1. The SMILES string of the molecule is NCC1CCCN1C(=O)Cc1csc(-c2cccc(F)c2)n1. The highest BCUT2D eigenvalue weighted by Gasteiger charge is 2.27. The van der Waals surface area contributed by atoms with Crippen molar-refractivity contribution in [2.45, 2.75) is 25.3 Å². The number of nitrogens with zero attached hydrogens (tertiary/aromatic N) is 2. The van der Waals surface area contributed by atoms with Gasteiger partial charge in [-0.15, -0.1) is 11.3 Å².